The van der Waals surface area contributed by atoms with Gasteiger partial charge in [-0.05, 0) is 5.92 Å². The van der Waals surface area contributed by atoms with Crippen LogP contribution >= 0.6 is 11.3 Å². The Hall–Kier alpha value is -2.81. The normalized spacial score (nSPS) is 11.7. The van der Waals surface area contributed by atoms with E-state index in [4.69, 9.17) is 5.11 Å². The van der Waals surface area contributed by atoms with Crippen LogP contribution in [0.1, 0.15) is 23.8 Å². The zero-order chi connectivity index (χ0) is 17.7. The topological polar surface area (TPSA) is 122 Å². The number of carbonyl (C=O) groups excluding carboxylic acids is 1. The number of non-ortho nitro benzene ring substituents is 1. The van der Waals surface area contributed by atoms with Crippen LogP contribution < -0.4 is 5.32 Å². The minimum atomic E-state index is -0.918. The molecule has 1 atom stereocenters. The molecule has 8 nitrogen and oxygen atoms in total. The first-order valence-corrected chi connectivity index (χ1v) is 7.95. The highest BCUT2D eigenvalue weighted by molar-refractivity contribution is 7.13. The molecule has 9 heteroatoms. The number of nitro groups is 1. The number of nitro benzene ring substituents is 1. The molecule has 1 aromatic heterocycles. The van der Waals surface area contributed by atoms with Gasteiger partial charge in [-0.3, -0.25) is 19.7 Å². The molecule has 126 valence electrons. The summed E-state index contributed by atoms with van der Waals surface area (Å²) in [5, 5.41) is 24.2. The van der Waals surface area contributed by atoms with Crippen molar-refractivity contribution in [1.29, 1.82) is 0 Å². The number of hydrogen-bond acceptors (Lipinski definition) is 6. The third-order valence-corrected chi connectivity index (χ3v) is 4.07. The minimum Gasteiger partial charge on any atom is -0.481 e. The number of carboxylic acids is 1. The van der Waals surface area contributed by atoms with E-state index in [0.29, 0.717) is 10.6 Å². The van der Waals surface area contributed by atoms with Gasteiger partial charge >= 0.3 is 5.97 Å². The maximum absolute atomic E-state index is 12.0. The Bertz CT molecular complexity index is 774. The van der Waals surface area contributed by atoms with E-state index in [1.807, 2.05) is 0 Å². The summed E-state index contributed by atoms with van der Waals surface area (Å²) >= 11 is 1.21. The molecule has 2 aromatic rings. The number of amides is 1. The van der Waals surface area contributed by atoms with E-state index < -0.39 is 16.8 Å². The van der Waals surface area contributed by atoms with Crippen LogP contribution in [0.3, 0.4) is 0 Å². The van der Waals surface area contributed by atoms with E-state index in [9.17, 15) is 19.7 Å². The lowest BCUT2D eigenvalue weighted by Crippen LogP contribution is -2.29. The number of thiazole rings is 1. The maximum Gasteiger partial charge on any atom is 0.303 e. The minimum absolute atomic E-state index is 0.0315. The van der Waals surface area contributed by atoms with Gasteiger partial charge in [0.1, 0.15) is 10.7 Å². The highest BCUT2D eigenvalue weighted by Crippen LogP contribution is 2.26. The van der Waals surface area contributed by atoms with Crippen molar-refractivity contribution in [2.24, 2.45) is 5.92 Å². The fourth-order valence-corrected chi connectivity index (χ4v) is 2.79. The average Bonchev–Trinajstić information content (AvgIpc) is 3.02. The van der Waals surface area contributed by atoms with Crippen LogP contribution in [0.25, 0.3) is 10.6 Å². The summed E-state index contributed by atoms with van der Waals surface area (Å²) in [6, 6.07) is 6.02. The van der Waals surface area contributed by atoms with Gasteiger partial charge in [0.2, 0.25) is 0 Å². The fourth-order valence-electron chi connectivity index (χ4n) is 1.99. The van der Waals surface area contributed by atoms with Crippen LogP contribution in [-0.4, -0.2) is 33.4 Å². The van der Waals surface area contributed by atoms with Crippen molar-refractivity contribution in [2.75, 3.05) is 6.54 Å². The molecule has 0 saturated heterocycles. The SMILES string of the molecule is CC(CNC(=O)c1csc(-c2cccc([N+](=O)[O-])c2)n1)CC(=O)O. The van der Waals surface area contributed by atoms with Crippen LogP contribution in [0.2, 0.25) is 0 Å². The quantitative estimate of drug-likeness (QED) is 0.585. The second-order valence-corrected chi connectivity index (χ2v) is 6.12. The van der Waals surface area contributed by atoms with Crippen molar-refractivity contribution in [3.05, 3.63) is 45.5 Å². The van der Waals surface area contributed by atoms with Crippen molar-refractivity contribution in [1.82, 2.24) is 10.3 Å². The first-order chi connectivity index (χ1) is 11.4. The number of nitrogens with one attached hydrogen (secondary N) is 1. The average molecular weight is 349 g/mol. The number of rotatable bonds is 7. The molecule has 0 spiro atoms. The smallest absolute Gasteiger partial charge is 0.303 e. The summed E-state index contributed by atoms with van der Waals surface area (Å²) in [4.78, 5) is 37.1. The van der Waals surface area contributed by atoms with Crippen molar-refractivity contribution < 1.29 is 19.6 Å². The van der Waals surface area contributed by atoms with Gasteiger partial charge in [0.05, 0.1) is 4.92 Å². The van der Waals surface area contributed by atoms with E-state index in [0.717, 1.165) is 0 Å². The van der Waals surface area contributed by atoms with Crippen LogP contribution in [-0.2, 0) is 4.79 Å². The number of carboxylic acid groups (broad SMARTS) is 1. The van der Waals surface area contributed by atoms with Crippen molar-refractivity contribution in [3.8, 4) is 10.6 Å². The fraction of sp³-hybridized carbons (Fsp3) is 0.267. The van der Waals surface area contributed by atoms with Gasteiger partial charge in [0.15, 0.2) is 0 Å². The number of aliphatic carboxylic acids is 1. The Morgan fingerprint density at radius 1 is 1.46 bits per heavy atom. The Labute approximate surface area is 141 Å². The van der Waals surface area contributed by atoms with E-state index in [1.165, 1.54) is 23.5 Å². The van der Waals surface area contributed by atoms with Crippen LogP contribution in [0, 0.1) is 16.0 Å². The molecule has 0 fully saturated rings. The Morgan fingerprint density at radius 3 is 2.88 bits per heavy atom. The van der Waals surface area contributed by atoms with Gasteiger partial charge in [-0.1, -0.05) is 19.1 Å². The summed E-state index contributed by atoms with van der Waals surface area (Å²) in [6.45, 7) is 1.96. The third-order valence-electron chi connectivity index (χ3n) is 3.17. The molecule has 0 aliphatic heterocycles. The van der Waals surface area contributed by atoms with Gasteiger partial charge in [-0.2, -0.15) is 0 Å². The molecule has 0 aliphatic rings. The molecule has 1 amide bonds. The molecule has 0 saturated carbocycles. The summed E-state index contributed by atoms with van der Waals surface area (Å²) in [6.07, 6.45) is -0.0315. The molecule has 0 aliphatic carbocycles. The molecule has 1 unspecified atom stereocenters. The molecular weight excluding hydrogens is 334 g/mol. The van der Waals surface area contributed by atoms with Gasteiger partial charge in [0.25, 0.3) is 11.6 Å². The molecule has 24 heavy (non-hydrogen) atoms. The zero-order valence-corrected chi connectivity index (χ0v) is 13.6. The highest BCUT2D eigenvalue weighted by atomic mass is 32.1. The second-order valence-electron chi connectivity index (χ2n) is 5.26. The van der Waals surface area contributed by atoms with Crippen LogP contribution in [0.15, 0.2) is 29.6 Å². The van der Waals surface area contributed by atoms with Crippen LogP contribution in [0.5, 0.6) is 0 Å². The van der Waals surface area contributed by atoms with E-state index in [-0.39, 0.29) is 30.3 Å². The summed E-state index contributed by atoms with van der Waals surface area (Å²) in [5.74, 6) is -1.51. The number of carbonyl (C=O) groups is 2. The van der Waals surface area contributed by atoms with E-state index in [1.54, 1.807) is 24.4 Å². The number of nitrogens with zero attached hydrogens (tertiary/aromatic N) is 2. The standard InChI is InChI=1S/C15H15N3O5S/c1-9(5-13(19)20)7-16-14(21)12-8-24-15(17-12)10-3-2-4-11(6-10)18(22)23/h2-4,6,8-9H,5,7H2,1H3,(H,16,21)(H,19,20). The summed E-state index contributed by atoms with van der Waals surface area (Å²) in [7, 11) is 0. The number of aromatic nitrogens is 1. The number of benzene rings is 1. The molecular formula is C15H15N3O5S. The predicted octanol–water partition coefficient (Wildman–Crippen LogP) is 2.56. The lowest BCUT2D eigenvalue weighted by Gasteiger charge is -2.09. The van der Waals surface area contributed by atoms with Gasteiger partial charge in [0, 0.05) is 36.0 Å². The van der Waals surface area contributed by atoms with Gasteiger partial charge in [-0.15, -0.1) is 11.3 Å². The Balaban J connectivity index is 2.05. The van der Waals surface area contributed by atoms with Crippen molar-refractivity contribution in [2.45, 2.75) is 13.3 Å². The number of hydrogen-bond donors (Lipinski definition) is 2. The lowest BCUT2D eigenvalue weighted by atomic mass is 10.1. The Kier molecular flexibility index (Phi) is 5.59. The molecule has 2 rings (SSSR count). The summed E-state index contributed by atoms with van der Waals surface area (Å²) in [5.41, 5.74) is 0.715. The third kappa shape index (κ3) is 4.59. The molecule has 1 aromatic carbocycles. The molecule has 0 radical (unpaired) electrons. The molecule has 0 bridgehead atoms. The van der Waals surface area contributed by atoms with Gasteiger partial charge < -0.3 is 10.4 Å². The monoisotopic (exact) mass is 349 g/mol. The first kappa shape index (κ1) is 17.5. The summed E-state index contributed by atoms with van der Waals surface area (Å²) < 4.78 is 0. The predicted molar refractivity (Wildman–Crippen MR) is 88.0 cm³/mol. The highest BCUT2D eigenvalue weighted by Gasteiger charge is 2.15. The van der Waals surface area contributed by atoms with Crippen molar-refractivity contribution in [3.63, 3.8) is 0 Å². The van der Waals surface area contributed by atoms with Gasteiger partial charge in [-0.25, -0.2) is 4.98 Å². The zero-order valence-electron chi connectivity index (χ0n) is 12.8. The maximum atomic E-state index is 12.0. The first-order valence-electron chi connectivity index (χ1n) is 7.07. The van der Waals surface area contributed by atoms with E-state index in [2.05, 4.69) is 10.3 Å². The lowest BCUT2D eigenvalue weighted by molar-refractivity contribution is -0.384. The Morgan fingerprint density at radius 2 is 2.21 bits per heavy atom. The van der Waals surface area contributed by atoms with E-state index >= 15 is 0 Å². The van der Waals surface area contributed by atoms with Crippen LogP contribution in [0.4, 0.5) is 5.69 Å². The largest absolute Gasteiger partial charge is 0.481 e. The van der Waals surface area contributed by atoms with Crippen molar-refractivity contribution >= 4 is 28.9 Å². The molecule has 2 N–H and O–H groups in total. The molecule has 1 heterocycles. The second kappa shape index (κ2) is 7.64.